The van der Waals surface area contributed by atoms with Crippen molar-refractivity contribution >= 4 is 86.6 Å². The molecule has 0 aromatic rings. The van der Waals surface area contributed by atoms with Gasteiger partial charge in [0.05, 0.1) is 0 Å². The summed E-state index contributed by atoms with van der Waals surface area (Å²) in [6.07, 6.45) is 0. The Morgan fingerprint density at radius 1 is 1.25 bits per heavy atom. The predicted molar refractivity (Wildman–Crippen MR) is 16.6 cm³/mol. The van der Waals surface area contributed by atoms with Gasteiger partial charge in [0.15, 0.2) is 0 Å². The first kappa shape index (κ1) is 26.6. The third kappa shape index (κ3) is 9.00. The summed E-state index contributed by atoms with van der Waals surface area (Å²) in [7, 11) is 0. The minimum Gasteiger partial charge on any atom is -2.00 e. The summed E-state index contributed by atoms with van der Waals surface area (Å²) in [6.45, 7) is 0. The van der Waals surface area contributed by atoms with Crippen LogP contribution in [0.2, 0.25) is 0 Å². The van der Waals surface area contributed by atoms with Crippen molar-refractivity contribution in [3.63, 3.8) is 0 Å². The molecule has 4 heteroatoms. The van der Waals surface area contributed by atoms with Crippen molar-refractivity contribution in [1.29, 1.82) is 0 Å². The van der Waals surface area contributed by atoms with Crippen LogP contribution >= 0.6 is 0 Å². The Balaban J connectivity index is 0. The molecule has 0 bridgehead atoms. The quantitative estimate of drug-likeness (QED) is 0.529. The number of hydrogen-bond donors (Lipinski definition) is 0. The van der Waals surface area contributed by atoms with Crippen molar-refractivity contribution in [2.75, 3.05) is 0 Å². The molecule has 0 aliphatic rings. The summed E-state index contributed by atoms with van der Waals surface area (Å²) < 4.78 is 0. The minimum atomic E-state index is 0. The van der Waals surface area contributed by atoms with E-state index < -0.39 is 0 Å². The van der Waals surface area contributed by atoms with Gasteiger partial charge in [-0.05, 0) is 0 Å². The SMILES string of the molecule is [Ba+2].[Ca+2].[Cu+2].[H-].[H-].[H-].[H-].[O-2]. The van der Waals surface area contributed by atoms with Gasteiger partial charge in [-0.2, -0.15) is 0 Å². The maximum Gasteiger partial charge on any atom is 2.00 e. The summed E-state index contributed by atoms with van der Waals surface area (Å²) in [4.78, 5) is 0. The molecule has 0 rings (SSSR count). The number of rotatable bonds is 0. The second-order valence-electron chi connectivity index (χ2n) is 0. The standard InChI is InChI=1S/Ba.Ca.Cu.O.4H/q3*+2;-2;4*-1. The van der Waals surface area contributed by atoms with Gasteiger partial charge in [-0.1, -0.05) is 0 Å². The third-order valence-corrected chi connectivity index (χ3v) is 0. The summed E-state index contributed by atoms with van der Waals surface area (Å²) in [5, 5.41) is 0. The molecule has 1 nitrogen and oxygen atoms in total. The zero-order chi connectivity index (χ0) is 0. The normalized spacial score (nSPS) is 0. The van der Waals surface area contributed by atoms with Crippen LogP contribution < -0.4 is 0 Å². The molecular formula is H4BaCaCuO. The Labute approximate surface area is 112 Å². The van der Waals surface area contributed by atoms with E-state index in [9.17, 15) is 0 Å². The van der Waals surface area contributed by atoms with Gasteiger partial charge < -0.3 is 11.2 Å². The molecule has 0 saturated heterocycles. The average Bonchev–Trinajstić information content (AvgIpc) is 0. The fourth-order valence-corrected chi connectivity index (χ4v) is 0. The monoisotopic (exact) mass is 261 g/mol. The molecule has 0 aliphatic heterocycles. The molecule has 0 unspecified atom stereocenters. The molecule has 0 heterocycles. The van der Waals surface area contributed by atoms with Crippen LogP contribution in [0.5, 0.6) is 0 Å². The largest absolute Gasteiger partial charge is 2.00 e. The van der Waals surface area contributed by atoms with E-state index in [0.29, 0.717) is 0 Å². The Kier molecular flexibility index (Phi) is 108. The van der Waals surface area contributed by atoms with Crippen LogP contribution in [0.25, 0.3) is 0 Å². The molecule has 0 spiro atoms. The fourth-order valence-electron chi connectivity index (χ4n) is 0. The van der Waals surface area contributed by atoms with Gasteiger partial charge in [-0.25, -0.2) is 0 Å². The van der Waals surface area contributed by atoms with Crippen LogP contribution in [0.15, 0.2) is 0 Å². The van der Waals surface area contributed by atoms with E-state index in [1.165, 1.54) is 0 Å². The van der Waals surface area contributed by atoms with Gasteiger partial charge in [0, 0.05) is 0 Å². The summed E-state index contributed by atoms with van der Waals surface area (Å²) in [5.74, 6) is 0. The second kappa shape index (κ2) is 16.2. The van der Waals surface area contributed by atoms with Gasteiger partial charge >= 0.3 is 104 Å². The first-order valence-electron chi connectivity index (χ1n) is 0. The number of hydrogen-bond acceptors (Lipinski definition) is 0. The van der Waals surface area contributed by atoms with Gasteiger partial charge in [-0.3, -0.25) is 0 Å². The molecule has 0 atom stereocenters. The molecule has 0 aromatic carbocycles. The molecule has 4 heavy (non-hydrogen) atoms. The summed E-state index contributed by atoms with van der Waals surface area (Å²) in [5.41, 5.74) is 0. The van der Waals surface area contributed by atoms with Crippen LogP contribution in [0.1, 0.15) is 5.71 Å². The van der Waals surface area contributed by atoms with E-state index >= 15 is 0 Å². The molecule has 0 fully saturated rings. The molecule has 1 radical (unpaired) electrons. The van der Waals surface area contributed by atoms with Crippen molar-refractivity contribution in [2.45, 2.75) is 0 Å². The zero-order valence-corrected chi connectivity index (χ0v) is 9.71. The topological polar surface area (TPSA) is 28.5 Å². The van der Waals surface area contributed by atoms with E-state index in [4.69, 9.17) is 0 Å². The Morgan fingerprint density at radius 2 is 1.25 bits per heavy atom. The van der Waals surface area contributed by atoms with Crippen LogP contribution in [-0.2, 0) is 22.5 Å². The summed E-state index contributed by atoms with van der Waals surface area (Å²) >= 11 is 0. The Bertz CT molecular complexity index is 16.0. The Morgan fingerprint density at radius 3 is 1.25 bits per heavy atom. The van der Waals surface area contributed by atoms with Crippen molar-refractivity contribution in [2.24, 2.45) is 0 Å². The van der Waals surface area contributed by atoms with Crippen LogP contribution in [-0.4, -0.2) is 86.6 Å². The molecule has 0 N–H and O–H groups in total. The maximum absolute atomic E-state index is 0. The smallest absolute Gasteiger partial charge is 2.00 e. The van der Waals surface area contributed by atoms with Gasteiger partial charge in [-0.15, -0.1) is 0 Å². The van der Waals surface area contributed by atoms with Crippen LogP contribution in [0.4, 0.5) is 0 Å². The molecule has 0 saturated carbocycles. The minimum absolute atomic E-state index is 0. The fraction of sp³-hybridized carbons (Fsp3) is 0. The molecule has 0 aromatic heterocycles. The van der Waals surface area contributed by atoms with E-state index in [2.05, 4.69) is 0 Å². The van der Waals surface area contributed by atoms with Crippen molar-refractivity contribution < 1.29 is 28.3 Å². The van der Waals surface area contributed by atoms with Gasteiger partial charge in [0.2, 0.25) is 0 Å². The molecule has 0 aliphatic carbocycles. The zero-order valence-electron chi connectivity index (χ0n) is 6.12. The third-order valence-electron chi connectivity index (χ3n) is 0. The van der Waals surface area contributed by atoms with Gasteiger partial charge in [0.25, 0.3) is 0 Å². The van der Waals surface area contributed by atoms with Crippen molar-refractivity contribution in [3.05, 3.63) is 0 Å². The Hall–Kier alpha value is 3.31. The molecular weight excluding hydrogens is 257 g/mol. The van der Waals surface area contributed by atoms with E-state index in [1.54, 1.807) is 0 Å². The van der Waals surface area contributed by atoms with E-state index in [-0.39, 0.29) is 115 Å². The van der Waals surface area contributed by atoms with Crippen molar-refractivity contribution in [1.82, 2.24) is 0 Å². The molecule has 0 amide bonds. The van der Waals surface area contributed by atoms with E-state index in [1.807, 2.05) is 0 Å². The van der Waals surface area contributed by atoms with E-state index in [0.717, 1.165) is 0 Å². The summed E-state index contributed by atoms with van der Waals surface area (Å²) in [6, 6.07) is 0. The maximum atomic E-state index is 0. The average molecular weight is 261 g/mol. The molecule has 25 valence electrons. The second-order valence-corrected chi connectivity index (χ2v) is 0. The van der Waals surface area contributed by atoms with Gasteiger partial charge in [0.1, 0.15) is 0 Å². The predicted octanol–water partition coefficient (Wildman–Crippen LogP) is -0.433. The first-order chi connectivity index (χ1) is 0. The van der Waals surface area contributed by atoms with Crippen LogP contribution in [0, 0.1) is 0 Å². The van der Waals surface area contributed by atoms with Crippen molar-refractivity contribution in [3.8, 4) is 0 Å². The first-order valence-corrected chi connectivity index (χ1v) is 0. The van der Waals surface area contributed by atoms with Crippen LogP contribution in [0.3, 0.4) is 0 Å².